The molecule has 2 aromatic heterocycles. The minimum Gasteiger partial charge on any atom is -0.494 e. The minimum atomic E-state index is -0.358. The van der Waals surface area contributed by atoms with Crippen LogP contribution in [0.5, 0.6) is 5.75 Å². The predicted molar refractivity (Wildman–Crippen MR) is 126 cm³/mol. The quantitative estimate of drug-likeness (QED) is 0.469. The Morgan fingerprint density at radius 3 is 2.62 bits per heavy atom. The molecule has 4 aromatic rings. The number of rotatable bonds is 5. The molecule has 0 aliphatic carbocycles. The first kappa shape index (κ1) is 21.8. The number of oxazole rings is 1. The fourth-order valence-corrected chi connectivity index (χ4v) is 4.09. The van der Waals surface area contributed by atoms with Crippen LogP contribution in [-0.4, -0.2) is 49.3 Å². The highest BCUT2D eigenvalue weighted by Crippen LogP contribution is 2.36. The molecule has 2 aromatic carbocycles. The van der Waals surface area contributed by atoms with Crippen molar-refractivity contribution < 1.29 is 23.1 Å². The van der Waals surface area contributed by atoms with Crippen molar-refractivity contribution in [1.29, 1.82) is 0 Å². The number of ether oxygens (including phenoxy) is 2. The molecule has 1 fully saturated rings. The second-order valence-corrected chi connectivity index (χ2v) is 7.88. The number of nitrogens with zero attached hydrogens (tertiary/aromatic N) is 3. The highest BCUT2D eigenvalue weighted by molar-refractivity contribution is 6.05. The lowest BCUT2D eigenvalue weighted by molar-refractivity contribution is 0.102. The number of fused-ring (bicyclic) bond motifs is 1. The first-order chi connectivity index (χ1) is 16.5. The van der Waals surface area contributed by atoms with Gasteiger partial charge in [0.1, 0.15) is 17.4 Å². The molecule has 5 rings (SSSR count). The van der Waals surface area contributed by atoms with Gasteiger partial charge in [-0.1, -0.05) is 12.1 Å². The van der Waals surface area contributed by atoms with Crippen LogP contribution in [0.1, 0.15) is 15.9 Å². The van der Waals surface area contributed by atoms with Gasteiger partial charge in [-0.25, -0.2) is 9.37 Å². The Morgan fingerprint density at radius 1 is 1.12 bits per heavy atom. The maximum atomic E-state index is 13.4. The molecule has 3 heterocycles. The van der Waals surface area contributed by atoms with E-state index in [0.29, 0.717) is 41.2 Å². The van der Waals surface area contributed by atoms with E-state index < -0.39 is 0 Å². The molecule has 0 atom stereocenters. The van der Waals surface area contributed by atoms with Gasteiger partial charge in [-0.15, -0.1) is 0 Å². The lowest BCUT2D eigenvalue weighted by atomic mass is 10.0. The predicted octanol–water partition coefficient (Wildman–Crippen LogP) is 4.43. The highest BCUT2D eigenvalue weighted by atomic mass is 19.1. The Labute approximate surface area is 195 Å². The number of morpholine rings is 1. The Hall–Kier alpha value is -3.98. The van der Waals surface area contributed by atoms with E-state index in [1.165, 1.54) is 19.2 Å². The summed E-state index contributed by atoms with van der Waals surface area (Å²) in [5.41, 5.74) is 3.59. The van der Waals surface area contributed by atoms with Gasteiger partial charge in [-0.05, 0) is 42.8 Å². The summed E-state index contributed by atoms with van der Waals surface area (Å²) in [7, 11) is 1.53. The molecule has 9 heteroatoms. The van der Waals surface area contributed by atoms with E-state index in [9.17, 15) is 9.18 Å². The van der Waals surface area contributed by atoms with Crippen molar-refractivity contribution in [2.24, 2.45) is 0 Å². The topological polar surface area (TPSA) is 89.7 Å². The summed E-state index contributed by atoms with van der Waals surface area (Å²) in [5, 5.41) is 2.75. The van der Waals surface area contributed by atoms with E-state index in [0.717, 1.165) is 30.0 Å². The van der Waals surface area contributed by atoms with Crippen LogP contribution >= 0.6 is 0 Å². The zero-order valence-electron chi connectivity index (χ0n) is 18.8. The SMILES string of the molecule is COc1ccc(-c2ccc(F)cc2)c2oc(NC(=O)c3ccnc(N4CCOCC4)c3C)nc12. The second-order valence-electron chi connectivity index (χ2n) is 7.88. The number of hydrogen-bond donors (Lipinski definition) is 1. The molecule has 1 saturated heterocycles. The van der Waals surface area contributed by atoms with Crippen LogP contribution < -0.4 is 15.0 Å². The smallest absolute Gasteiger partial charge is 0.302 e. The largest absolute Gasteiger partial charge is 0.494 e. The zero-order chi connectivity index (χ0) is 23.7. The monoisotopic (exact) mass is 462 g/mol. The van der Waals surface area contributed by atoms with Crippen molar-refractivity contribution in [2.75, 3.05) is 43.6 Å². The van der Waals surface area contributed by atoms with Gasteiger partial charge in [0.2, 0.25) is 0 Å². The van der Waals surface area contributed by atoms with Crippen LogP contribution in [0.25, 0.3) is 22.2 Å². The van der Waals surface area contributed by atoms with Crippen LogP contribution in [0, 0.1) is 12.7 Å². The molecular weight excluding hydrogens is 439 g/mol. The van der Waals surface area contributed by atoms with Crippen molar-refractivity contribution in [3.05, 3.63) is 65.6 Å². The van der Waals surface area contributed by atoms with Crippen molar-refractivity contribution in [2.45, 2.75) is 6.92 Å². The number of benzene rings is 2. The Bertz CT molecular complexity index is 1350. The lowest BCUT2D eigenvalue weighted by Crippen LogP contribution is -2.37. The third kappa shape index (κ3) is 4.06. The number of anilines is 2. The molecular formula is C25H23FN4O4. The summed E-state index contributed by atoms with van der Waals surface area (Å²) >= 11 is 0. The van der Waals surface area contributed by atoms with E-state index in [1.807, 2.05) is 13.0 Å². The third-order valence-corrected chi connectivity index (χ3v) is 5.83. The Kier molecular flexibility index (Phi) is 5.85. The number of amides is 1. The van der Waals surface area contributed by atoms with E-state index in [4.69, 9.17) is 13.9 Å². The number of nitrogens with one attached hydrogen (secondary N) is 1. The highest BCUT2D eigenvalue weighted by Gasteiger charge is 2.22. The van der Waals surface area contributed by atoms with Crippen LogP contribution in [0.4, 0.5) is 16.2 Å². The van der Waals surface area contributed by atoms with Gasteiger partial charge in [-0.2, -0.15) is 4.98 Å². The Morgan fingerprint density at radius 2 is 1.88 bits per heavy atom. The number of carbonyl (C=O) groups excluding carboxylic acids is 1. The summed E-state index contributed by atoms with van der Waals surface area (Å²) in [6.07, 6.45) is 1.62. The molecule has 0 unspecified atom stereocenters. The molecule has 0 saturated carbocycles. The number of methoxy groups -OCH3 is 1. The van der Waals surface area contributed by atoms with Crippen LogP contribution in [0.15, 0.2) is 53.1 Å². The molecule has 0 spiro atoms. The third-order valence-electron chi connectivity index (χ3n) is 5.83. The summed E-state index contributed by atoms with van der Waals surface area (Å²) in [4.78, 5) is 24.2. The average Bonchev–Trinajstić information content (AvgIpc) is 3.28. The summed E-state index contributed by atoms with van der Waals surface area (Å²) in [6.45, 7) is 4.55. The minimum absolute atomic E-state index is 0.0389. The van der Waals surface area contributed by atoms with Crippen molar-refractivity contribution >= 4 is 28.8 Å². The molecule has 1 aliphatic rings. The second kappa shape index (κ2) is 9.11. The fourth-order valence-electron chi connectivity index (χ4n) is 4.09. The average molecular weight is 462 g/mol. The maximum absolute atomic E-state index is 13.4. The normalized spacial score (nSPS) is 13.8. The van der Waals surface area contributed by atoms with Crippen molar-refractivity contribution in [3.8, 4) is 16.9 Å². The molecule has 0 radical (unpaired) electrons. The number of hydrogen-bond acceptors (Lipinski definition) is 7. The first-order valence-corrected chi connectivity index (χ1v) is 10.9. The van der Waals surface area contributed by atoms with Gasteiger partial charge in [-0.3, -0.25) is 10.1 Å². The van der Waals surface area contributed by atoms with Gasteiger partial charge in [0.05, 0.1) is 20.3 Å². The summed E-state index contributed by atoms with van der Waals surface area (Å²) in [6, 6.07) is 11.4. The molecule has 1 N–H and O–H groups in total. The first-order valence-electron chi connectivity index (χ1n) is 10.9. The number of aromatic nitrogens is 2. The maximum Gasteiger partial charge on any atom is 0.302 e. The van der Waals surface area contributed by atoms with Crippen molar-refractivity contribution in [3.63, 3.8) is 0 Å². The van der Waals surface area contributed by atoms with E-state index in [2.05, 4.69) is 20.2 Å². The van der Waals surface area contributed by atoms with Gasteiger partial charge in [0.25, 0.3) is 5.91 Å². The van der Waals surface area contributed by atoms with Crippen LogP contribution in [0.3, 0.4) is 0 Å². The molecule has 174 valence electrons. The molecule has 1 amide bonds. The van der Waals surface area contributed by atoms with E-state index >= 15 is 0 Å². The Balaban J connectivity index is 1.48. The zero-order valence-corrected chi connectivity index (χ0v) is 18.8. The standard InChI is InChI=1S/C25H23FN4O4/c1-15-18(9-10-27-23(15)30-11-13-33-14-12-30)24(31)29-25-28-21-20(32-2)8-7-19(22(21)34-25)16-3-5-17(26)6-4-16/h3-10H,11-14H2,1-2H3,(H,28,29,31). The van der Waals surface area contributed by atoms with E-state index in [1.54, 1.807) is 30.5 Å². The van der Waals surface area contributed by atoms with Gasteiger partial charge in [0, 0.05) is 36.0 Å². The fraction of sp³-hybridized carbons (Fsp3) is 0.240. The van der Waals surface area contributed by atoms with Gasteiger partial charge in [0.15, 0.2) is 11.1 Å². The van der Waals surface area contributed by atoms with Crippen LogP contribution in [-0.2, 0) is 4.74 Å². The lowest BCUT2D eigenvalue weighted by Gasteiger charge is -2.29. The molecule has 1 aliphatic heterocycles. The van der Waals surface area contributed by atoms with Gasteiger partial charge < -0.3 is 18.8 Å². The molecule has 8 nitrogen and oxygen atoms in total. The van der Waals surface area contributed by atoms with Crippen LogP contribution in [0.2, 0.25) is 0 Å². The number of halogens is 1. The summed E-state index contributed by atoms with van der Waals surface area (Å²) < 4.78 is 30.2. The number of pyridine rings is 1. The summed E-state index contributed by atoms with van der Waals surface area (Å²) in [5.74, 6) is 0.569. The van der Waals surface area contributed by atoms with E-state index in [-0.39, 0.29) is 17.7 Å². The van der Waals surface area contributed by atoms with Gasteiger partial charge >= 0.3 is 6.01 Å². The van der Waals surface area contributed by atoms with Crippen molar-refractivity contribution in [1.82, 2.24) is 9.97 Å². The number of carbonyl (C=O) groups is 1. The molecule has 0 bridgehead atoms. The molecule has 34 heavy (non-hydrogen) atoms.